The second kappa shape index (κ2) is 7.70. The zero-order valence-corrected chi connectivity index (χ0v) is 15.5. The molecule has 1 fully saturated rings. The summed E-state index contributed by atoms with van der Waals surface area (Å²) in [5, 5.41) is 0. The Kier molecular flexibility index (Phi) is 4.96. The van der Waals surface area contributed by atoms with Gasteiger partial charge in [0.25, 0.3) is 0 Å². The van der Waals surface area contributed by atoms with Crippen molar-refractivity contribution in [2.75, 3.05) is 13.1 Å². The van der Waals surface area contributed by atoms with Crippen molar-refractivity contribution < 1.29 is 4.79 Å². The number of benzene rings is 1. The monoisotopic (exact) mass is 361 g/mol. The van der Waals surface area contributed by atoms with Crippen LogP contribution in [0.15, 0.2) is 55.1 Å². The Balaban J connectivity index is 1.54. The number of hydrogen-bond donors (Lipinski definition) is 0. The molecule has 0 saturated carbocycles. The fourth-order valence-corrected chi connectivity index (χ4v) is 3.73. The lowest BCUT2D eigenvalue weighted by molar-refractivity contribution is -0.131. The standard InChI is InChI=1S/C21H23N5O/c1-16-22-11-13-26(16)21-20(23-9-10-24-21)18-8-5-12-25(15-18)19(27)14-17-6-3-2-4-7-17/h2-4,6-7,9-11,13,18H,5,8,12,14-15H2,1H3/t18-/m0/s1. The summed E-state index contributed by atoms with van der Waals surface area (Å²) in [7, 11) is 0. The number of piperidine rings is 1. The highest BCUT2D eigenvalue weighted by Gasteiger charge is 2.28. The highest BCUT2D eigenvalue weighted by Crippen LogP contribution is 2.29. The number of hydrogen-bond acceptors (Lipinski definition) is 4. The van der Waals surface area contributed by atoms with E-state index in [1.807, 2.05) is 52.9 Å². The van der Waals surface area contributed by atoms with Crippen molar-refractivity contribution >= 4 is 5.91 Å². The average molecular weight is 361 g/mol. The first kappa shape index (κ1) is 17.4. The van der Waals surface area contributed by atoms with E-state index in [1.165, 1.54) is 0 Å². The number of imidazole rings is 1. The summed E-state index contributed by atoms with van der Waals surface area (Å²) in [6.45, 7) is 3.45. The van der Waals surface area contributed by atoms with E-state index in [2.05, 4.69) is 15.0 Å². The molecule has 6 heteroatoms. The number of amides is 1. The predicted molar refractivity (Wildman–Crippen MR) is 103 cm³/mol. The molecule has 1 aliphatic heterocycles. The molecule has 0 bridgehead atoms. The van der Waals surface area contributed by atoms with Crippen LogP contribution in [0.4, 0.5) is 0 Å². The highest BCUT2D eigenvalue weighted by molar-refractivity contribution is 5.79. The molecule has 0 N–H and O–H groups in total. The fraction of sp³-hybridized carbons (Fsp3) is 0.333. The molecule has 4 rings (SSSR count). The maximum absolute atomic E-state index is 12.8. The number of nitrogens with zero attached hydrogens (tertiary/aromatic N) is 5. The van der Waals surface area contributed by atoms with Crippen LogP contribution in [0.25, 0.3) is 5.82 Å². The van der Waals surface area contributed by atoms with E-state index in [4.69, 9.17) is 0 Å². The van der Waals surface area contributed by atoms with Crippen LogP contribution < -0.4 is 0 Å². The molecule has 2 aromatic heterocycles. The summed E-state index contributed by atoms with van der Waals surface area (Å²) < 4.78 is 1.97. The number of aromatic nitrogens is 4. The Bertz CT molecular complexity index is 921. The van der Waals surface area contributed by atoms with Crippen LogP contribution in [0.2, 0.25) is 0 Å². The molecule has 27 heavy (non-hydrogen) atoms. The molecule has 1 atom stereocenters. The van der Waals surface area contributed by atoms with Gasteiger partial charge in [-0.15, -0.1) is 0 Å². The van der Waals surface area contributed by atoms with E-state index in [9.17, 15) is 4.79 Å². The van der Waals surface area contributed by atoms with Gasteiger partial charge in [-0.2, -0.15) is 0 Å². The molecule has 138 valence electrons. The zero-order valence-electron chi connectivity index (χ0n) is 15.5. The molecule has 1 saturated heterocycles. The van der Waals surface area contributed by atoms with Crippen LogP contribution in [-0.4, -0.2) is 43.4 Å². The maximum atomic E-state index is 12.8. The van der Waals surface area contributed by atoms with Crippen molar-refractivity contribution in [3.05, 3.63) is 72.2 Å². The third kappa shape index (κ3) is 3.74. The van der Waals surface area contributed by atoms with Crippen molar-refractivity contribution in [2.45, 2.75) is 32.1 Å². The van der Waals surface area contributed by atoms with Gasteiger partial charge in [0.2, 0.25) is 5.91 Å². The summed E-state index contributed by atoms with van der Waals surface area (Å²) in [6.07, 6.45) is 9.55. The van der Waals surface area contributed by atoms with Crippen molar-refractivity contribution in [1.29, 1.82) is 0 Å². The molecule has 0 unspecified atom stereocenters. The maximum Gasteiger partial charge on any atom is 0.227 e. The van der Waals surface area contributed by atoms with Crippen LogP contribution in [-0.2, 0) is 11.2 Å². The van der Waals surface area contributed by atoms with Gasteiger partial charge in [0, 0.05) is 43.8 Å². The van der Waals surface area contributed by atoms with Gasteiger partial charge in [0.1, 0.15) is 5.82 Å². The molecule has 1 amide bonds. The summed E-state index contributed by atoms with van der Waals surface area (Å²) in [5.41, 5.74) is 2.00. The van der Waals surface area contributed by atoms with Crippen molar-refractivity contribution in [2.24, 2.45) is 0 Å². The number of carbonyl (C=O) groups excluding carboxylic acids is 1. The second-order valence-corrected chi connectivity index (χ2v) is 6.95. The van der Waals surface area contributed by atoms with Crippen LogP contribution in [0, 0.1) is 6.92 Å². The zero-order chi connectivity index (χ0) is 18.6. The summed E-state index contributed by atoms with van der Waals surface area (Å²) in [4.78, 5) is 28.2. The number of carbonyl (C=O) groups is 1. The quantitative estimate of drug-likeness (QED) is 0.717. The Morgan fingerprint density at radius 3 is 2.70 bits per heavy atom. The number of aryl methyl sites for hydroxylation is 1. The van der Waals surface area contributed by atoms with Gasteiger partial charge in [0.15, 0.2) is 5.82 Å². The van der Waals surface area contributed by atoms with E-state index >= 15 is 0 Å². The second-order valence-electron chi connectivity index (χ2n) is 6.95. The first-order valence-corrected chi connectivity index (χ1v) is 9.35. The van der Waals surface area contributed by atoms with E-state index in [0.29, 0.717) is 13.0 Å². The number of likely N-dealkylation sites (tertiary alicyclic amines) is 1. The summed E-state index contributed by atoms with van der Waals surface area (Å²) >= 11 is 0. The van der Waals surface area contributed by atoms with Gasteiger partial charge in [-0.25, -0.2) is 9.97 Å². The predicted octanol–water partition coefficient (Wildman–Crippen LogP) is 2.92. The molecule has 0 aliphatic carbocycles. The van der Waals surface area contributed by atoms with Crippen LogP contribution in [0.5, 0.6) is 0 Å². The van der Waals surface area contributed by atoms with Crippen LogP contribution in [0.1, 0.15) is 35.8 Å². The van der Waals surface area contributed by atoms with Gasteiger partial charge in [-0.3, -0.25) is 14.3 Å². The van der Waals surface area contributed by atoms with Crippen molar-refractivity contribution in [3.63, 3.8) is 0 Å². The smallest absolute Gasteiger partial charge is 0.227 e. The molecule has 1 aromatic carbocycles. The first-order valence-electron chi connectivity index (χ1n) is 9.35. The minimum Gasteiger partial charge on any atom is -0.342 e. The molecule has 0 radical (unpaired) electrons. The van der Waals surface area contributed by atoms with Gasteiger partial charge in [0.05, 0.1) is 12.1 Å². The Hall–Kier alpha value is -3.02. The van der Waals surface area contributed by atoms with E-state index < -0.39 is 0 Å². The Morgan fingerprint density at radius 1 is 1.11 bits per heavy atom. The van der Waals surface area contributed by atoms with Gasteiger partial charge < -0.3 is 4.90 Å². The van der Waals surface area contributed by atoms with Gasteiger partial charge >= 0.3 is 0 Å². The third-order valence-electron chi connectivity index (χ3n) is 5.12. The minimum absolute atomic E-state index is 0.176. The van der Waals surface area contributed by atoms with E-state index in [0.717, 1.165) is 42.3 Å². The average Bonchev–Trinajstić information content (AvgIpc) is 3.14. The van der Waals surface area contributed by atoms with E-state index in [-0.39, 0.29) is 11.8 Å². The summed E-state index contributed by atoms with van der Waals surface area (Å²) in [6, 6.07) is 9.92. The van der Waals surface area contributed by atoms with Crippen LogP contribution in [0.3, 0.4) is 0 Å². The van der Waals surface area contributed by atoms with Crippen LogP contribution >= 0.6 is 0 Å². The third-order valence-corrected chi connectivity index (χ3v) is 5.12. The highest BCUT2D eigenvalue weighted by atomic mass is 16.2. The SMILES string of the molecule is Cc1nccn1-c1nccnc1[C@H]1CCCN(C(=O)Cc2ccccc2)C1. The van der Waals surface area contributed by atoms with Crippen molar-refractivity contribution in [3.8, 4) is 5.82 Å². The number of rotatable bonds is 4. The van der Waals surface area contributed by atoms with Gasteiger partial charge in [-0.05, 0) is 25.3 Å². The van der Waals surface area contributed by atoms with Gasteiger partial charge in [-0.1, -0.05) is 30.3 Å². The molecule has 0 spiro atoms. The molecule has 3 heterocycles. The lowest BCUT2D eigenvalue weighted by Gasteiger charge is -2.33. The molecule has 3 aromatic rings. The largest absolute Gasteiger partial charge is 0.342 e. The lowest BCUT2D eigenvalue weighted by Crippen LogP contribution is -2.40. The lowest BCUT2D eigenvalue weighted by atomic mass is 9.93. The molecular weight excluding hydrogens is 338 g/mol. The normalized spacial score (nSPS) is 17.1. The topological polar surface area (TPSA) is 63.9 Å². The molecule has 1 aliphatic rings. The van der Waals surface area contributed by atoms with E-state index in [1.54, 1.807) is 18.6 Å². The summed E-state index contributed by atoms with van der Waals surface area (Å²) in [5.74, 6) is 2.05. The minimum atomic E-state index is 0.176. The fourth-order valence-electron chi connectivity index (χ4n) is 3.73. The molecule has 6 nitrogen and oxygen atoms in total. The Labute approximate surface area is 158 Å². The van der Waals surface area contributed by atoms with Crippen molar-refractivity contribution in [1.82, 2.24) is 24.4 Å². The Morgan fingerprint density at radius 2 is 1.93 bits per heavy atom. The first-order chi connectivity index (χ1) is 13.2. The molecular formula is C21H23N5O.